The summed E-state index contributed by atoms with van der Waals surface area (Å²) in [5.74, 6) is -3.04. The number of likely N-dealkylation sites (tertiary alicyclic amines) is 1. The first-order valence-electron chi connectivity index (χ1n) is 17.6. The van der Waals surface area contributed by atoms with E-state index in [9.17, 15) is 28.4 Å². The number of carbonyl (C=O) groups excluding carboxylic acids is 5. The van der Waals surface area contributed by atoms with E-state index in [1.807, 2.05) is 27.7 Å². The number of carbonyl (C=O) groups is 5. The summed E-state index contributed by atoms with van der Waals surface area (Å²) in [6, 6.07) is 1.07. The van der Waals surface area contributed by atoms with E-state index in [1.165, 1.54) is 29.5 Å². The van der Waals surface area contributed by atoms with E-state index in [-0.39, 0.29) is 42.3 Å². The highest BCUT2D eigenvalue weighted by molar-refractivity contribution is 6.38. The minimum atomic E-state index is -1.17. The Bertz CT molecular complexity index is 1490. The van der Waals surface area contributed by atoms with Crippen LogP contribution in [-0.4, -0.2) is 70.6 Å². The van der Waals surface area contributed by atoms with Gasteiger partial charge in [-0.25, -0.2) is 4.39 Å². The van der Waals surface area contributed by atoms with Crippen molar-refractivity contribution in [3.63, 3.8) is 0 Å². The van der Waals surface area contributed by atoms with E-state index in [1.54, 1.807) is 6.08 Å². The van der Waals surface area contributed by atoms with Crippen molar-refractivity contribution < 1.29 is 33.2 Å². The zero-order valence-corrected chi connectivity index (χ0v) is 29.6. The standard InChI is InChI=1S/C36H49ClFN5O6/c1-5-9-26(30(45)33(47)39-23-13-14-23)40-32(46)28-19-36(18-27(42-49-36)22-12-15-25(38)24(37)17-22)20-43(28)34(48)31(35(2,3)4)41-29(44)16-21-10-7-6-8-11-21/h12,15,17-18,21,23,26,28,31,42H,5-11,13-14,16,19-20H2,1-4H3,(H,39,47)(H,40,46)(H,41,44)/t26-,28-,31+,36+/m0/s1. The van der Waals surface area contributed by atoms with E-state index in [0.29, 0.717) is 24.1 Å². The van der Waals surface area contributed by atoms with Gasteiger partial charge < -0.3 is 20.9 Å². The molecule has 0 unspecified atom stereocenters. The summed E-state index contributed by atoms with van der Waals surface area (Å²) in [5, 5.41) is 8.38. The fourth-order valence-electron chi connectivity index (χ4n) is 6.99. The van der Waals surface area contributed by atoms with Gasteiger partial charge in [-0.1, -0.05) is 65.0 Å². The van der Waals surface area contributed by atoms with E-state index >= 15 is 0 Å². The summed E-state index contributed by atoms with van der Waals surface area (Å²) in [5.41, 5.74) is 2.01. The lowest BCUT2D eigenvalue weighted by Gasteiger charge is -2.36. The molecule has 2 aliphatic heterocycles. The number of nitrogens with zero attached hydrogens (tertiary/aromatic N) is 1. The number of hydroxylamine groups is 1. The first-order valence-corrected chi connectivity index (χ1v) is 17.9. The Morgan fingerprint density at radius 1 is 1.08 bits per heavy atom. The Hall–Kier alpha value is -3.51. The topological polar surface area (TPSA) is 146 Å². The average molecular weight is 702 g/mol. The van der Waals surface area contributed by atoms with Gasteiger partial charge in [0.05, 0.1) is 23.3 Å². The van der Waals surface area contributed by atoms with E-state index in [2.05, 4.69) is 21.4 Å². The van der Waals surface area contributed by atoms with Crippen molar-refractivity contribution in [2.45, 2.75) is 128 Å². The van der Waals surface area contributed by atoms with Crippen LogP contribution in [0.25, 0.3) is 5.70 Å². The van der Waals surface area contributed by atoms with E-state index < -0.39 is 58.5 Å². The third-order valence-electron chi connectivity index (χ3n) is 9.90. The van der Waals surface area contributed by atoms with Crippen molar-refractivity contribution in [1.82, 2.24) is 26.3 Å². The lowest BCUT2D eigenvalue weighted by molar-refractivity contribution is -0.145. The summed E-state index contributed by atoms with van der Waals surface area (Å²) in [7, 11) is 0. The lowest BCUT2D eigenvalue weighted by Crippen LogP contribution is -2.59. The largest absolute Gasteiger partial charge is 0.347 e. The van der Waals surface area contributed by atoms with Crippen LogP contribution < -0.4 is 21.4 Å². The highest BCUT2D eigenvalue weighted by atomic mass is 35.5. The minimum absolute atomic E-state index is 0.0180. The molecule has 3 fully saturated rings. The van der Waals surface area contributed by atoms with E-state index in [0.717, 1.165) is 38.5 Å². The monoisotopic (exact) mass is 701 g/mol. The average Bonchev–Trinajstić information content (AvgIpc) is 3.65. The Labute approximate surface area is 292 Å². The number of hydrogen-bond acceptors (Lipinski definition) is 7. The molecule has 2 saturated carbocycles. The van der Waals surface area contributed by atoms with Crippen molar-refractivity contribution in [2.24, 2.45) is 11.3 Å². The quantitative estimate of drug-likeness (QED) is 0.238. The molecule has 0 radical (unpaired) electrons. The van der Waals surface area contributed by atoms with Crippen LogP contribution in [0.2, 0.25) is 5.02 Å². The molecule has 1 saturated heterocycles. The molecule has 0 aromatic heterocycles. The van der Waals surface area contributed by atoms with Gasteiger partial charge in [0.15, 0.2) is 0 Å². The van der Waals surface area contributed by atoms with Gasteiger partial charge in [0.25, 0.3) is 5.91 Å². The molecule has 1 aromatic carbocycles. The molecule has 11 nitrogen and oxygen atoms in total. The summed E-state index contributed by atoms with van der Waals surface area (Å²) in [6.45, 7) is 7.37. The molecule has 2 heterocycles. The predicted octanol–water partition coefficient (Wildman–Crippen LogP) is 4.33. The molecular formula is C36H49ClFN5O6. The smallest absolute Gasteiger partial charge is 0.289 e. The minimum Gasteiger partial charge on any atom is -0.347 e. The molecular weight excluding hydrogens is 653 g/mol. The molecule has 1 spiro atoms. The van der Waals surface area contributed by atoms with Gasteiger partial charge in [-0.3, -0.25) is 34.3 Å². The maximum absolute atomic E-state index is 14.5. The normalized spacial score (nSPS) is 23.8. The van der Waals surface area contributed by atoms with Crippen molar-refractivity contribution in [3.05, 3.63) is 40.7 Å². The molecule has 5 rings (SSSR count). The van der Waals surface area contributed by atoms with Crippen molar-refractivity contribution in [1.29, 1.82) is 0 Å². The van der Waals surface area contributed by atoms with Crippen LogP contribution in [-0.2, 0) is 28.8 Å². The van der Waals surface area contributed by atoms with Gasteiger partial charge in [0, 0.05) is 24.4 Å². The molecule has 13 heteroatoms. The summed E-state index contributed by atoms with van der Waals surface area (Å²) >= 11 is 6.04. The Kier molecular flexibility index (Phi) is 11.4. The van der Waals surface area contributed by atoms with Crippen molar-refractivity contribution >= 4 is 46.7 Å². The van der Waals surface area contributed by atoms with Crippen molar-refractivity contribution in [2.75, 3.05) is 6.54 Å². The summed E-state index contributed by atoms with van der Waals surface area (Å²) in [4.78, 5) is 75.2. The molecule has 4 amide bonds. The second-order valence-electron chi connectivity index (χ2n) is 15.2. The lowest BCUT2D eigenvalue weighted by atomic mass is 9.84. The Morgan fingerprint density at radius 3 is 2.43 bits per heavy atom. The van der Waals surface area contributed by atoms with Gasteiger partial charge in [0.1, 0.15) is 23.5 Å². The number of amides is 4. The Balaban J connectivity index is 1.41. The summed E-state index contributed by atoms with van der Waals surface area (Å²) < 4.78 is 13.9. The highest BCUT2D eigenvalue weighted by Crippen LogP contribution is 2.39. The van der Waals surface area contributed by atoms with Gasteiger partial charge in [-0.05, 0) is 67.7 Å². The maximum atomic E-state index is 14.5. The number of halogens is 2. The van der Waals surface area contributed by atoms with E-state index in [4.69, 9.17) is 16.4 Å². The zero-order valence-electron chi connectivity index (χ0n) is 28.8. The second kappa shape index (κ2) is 15.2. The van der Waals surface area contributed by atoms with Crippen LogP contribution in [0, 0.1) is 17.2 Å². The second-order valence-corrected chi connectivity index (χ2v) is 15.6. The highest BCUT2D eigenvalue weighted by Gasteiger charge is 2.54. The van der Waals surface area contributed by atoms with Crippen LogP contribution in [0.15, 0.2) is 24.3 Å². The fraction of sp³-hybridized carbons (Fsp3) is 0.639. The van der Waals surface area contributed by atoms with Gasteiger partial charge in [-0.2, -0.15) is 0 Å². The number of benzene rings is 1. The number of hydrogen-bond donors (Lipinski definition) is 4. The van der Waals surface area contributed by atoms with Gasteiger partial charge in [-0.15, -0.1) is 0 Å². The first kappa shape index (κ1) is 36.8. The zero-order chi connectivity index (χ0) is 35.5. The van der Waals surface area contributed by atoms with Crippen molar-refractivity contribution in [3.8, 4) is 0 Å². The maximum Gasteiger partial charge on any atom is 0.289 e. The molecule has 2 aliphatic carbocycles. The van der Waals surface area contributed by atoms with Crippen LogP contribution in [0.4, 0.5) is 4.39 Å². The number of rotatable bonds is 12. The third-order valence-corrected chi connectivity index (χ3v) is 10.2. The third kappa shape index (κ3) is 9.00. The van der Waals surface area contributed by atoms with Gasteiger partial charge >= 0.3 is 0 Å². The molecule has 49 heavy (non-hydrogen) atoms. The van der Waals surface area contributed by atoms with Crippen LogP contribution in [0.1, 0.15) is 104 Å². The molecule has 0 bridgehead atoms. The molecule has 4 N–H and O–H groups in total. The van der Waals surface area contributed by atoms with Crippen LogP contribution >= 0.6 is 11.6 Å². The first-order chi connectivity index (χ1) is 23.2. The van der Waals surface area contributed by atoms with Crippen LogP contribution in [0.5, 0.6) is 0 Å². The molecule has 1 aromatic rings. The van der Waals surface area contributed by atoms with Crippen LogP contribution in [0.3, 0.4) is 0 Å². The summed E-state index contributed by atoms with van der Waals surface area (Å²) in [6.07, 6.45) is 9.78. The Morgan fingerprint density at radius 2 is 1.80 bits per heavy atom. The SMILES string of the molecule is CCC[C@H](NC(=O)[C@@H]1C[C@]2(C=C(c3ccc(F)c(Cl)c3)NO2)CN1C(=O)[C@@H](NC(=O)CC1CCCCC1)C(C)(C)C)C(=O)C(=O)NC1CC1. The molecule has 4 atom stereocenters. The number of nitrogens with one attached hydrogen (secondary N) is 4. The fourth-order valence-corrected chi connectivity index (χ4v) is 7.17. The molecule has 268 valence electrons. The molecule has 4 aliphatic rings. The number of ketones is 1. The van der Waals surface area contributed by atoms with Gasteiger partial charge in [0.2, 0.25) is 23.5 Å². The number of Topliss-reactive ketones (excluding diaryl/α,β-unsaturated/α-hetero) is 1. The predicted molar refractivity (Wildman–Crippen MR) is 182 cm³/mol.